The van der Waals surface area contributed by atoms with Gasteiger partial charge in [0.2, 0.25) is 0 Å². The van der Waals surface area contributed by atoms with E-state index in [2.05, 4.69) is 17.2 Å². The second-order valence-corrected chi connectivity index (χ2v) is 3.25. The number of rotatable bonds is 3. The summed E-state index contributed by atoms with van der Waals surface area (Å²) >= 11 is 1.74. The number of aryl methyl sites for hydroxylation is 1. The second kappa shape index (κ2) is 3.56. The number of aromatic nitrogens is 1. The average Bonchev–Trinajstić information content (AvgIpc) is 2.37. The van der Waals surface area contributed by atoms with Gasteiger partial charge in [-0.05, 0) is 6.42 Å². The molecule has 0 aromatic carbocycles. The molecule has 0 radical (unpaired) electrons. The van der Waals surface area contributed by atoms with Crippen molar-refractivity contribution in [2.45, 2.75) is 19.8 Å². The van der Waals surface area contributed by atoms with Crippen molar-refractivity contribution in [2.75, 3.05) is 12.4 Å². The first-order valence-electron chi connectivity index (χ1n) is 3.49. The van der Waals surface area contributed by atoms with Gasteiger partial charge in [-0.3, -0.25) is 0 Å². The van der Waals surface area contributed by atoms with Crippen molar-refractivity contribution in [1.82, 2.24) is 4.98 Å². The molecule has 56 valence electrons. The molecule has 0 aliphatic heterocycles. The van der Waals surface area contributed by atoms with Crippen LogP contribution in [0.2, 0.25) is 0 Å². The van der Waals surface area contributed by atoms with Crippen LogP contribution in [-0.2, 0) is 6.42 Å². The number of nitrogens with one attached hydrogen (secondary N) is 1. The molecule has 1 aromatic rings. The second-order valence-electron chi connectivity index (χ2n) is 2.13. The summed E-state index contributed by atoms with van der Waals surface area (Å²) in [4.78, 5) is 5.53. The maximum Gasteiger partial charge on any atom is 0.182 e. The van der Waals surface area contributed by atoms with Crippen LogP contribution in [0.25, 0.3) is 0 Å². The van der Waals surface area contributed by atoms with Crippen molar-refractivity contribution in [3.63, 3.8) is 0 Å². The Hall–Kier alpha value is -0.570. The smallest absolute Gasteiger partial charge is 0.182 e. The molecule has 0 saturated heterocycles. The summed E-state index contributed by atoms with van der Waals surface area (Å²) < 4.78 is 0. The van der Waals surface area contributed by atoms with E-state index < -0.39 is 0 Å². The first-order valence-corrected chi connectivity index (χ1v) is 4.31. The predicted octanol–water partition coefficient (Wildman–Crippen LogP) is 2.14. The van der Waals surface area contributed by atoms with E-state index in [9.17, 15) is 0 Å². The van der Waals surface area contributed by atoms with Crippen LogP contribution in [0.15, 0.2) is 6.20 Å². The van der Waals surface area contributed by atoms with Crippen LogP contribution in [0, 0.1) is 0 Å². The first kappa shape index (κ1) is 7.54. The molecule has 1 N–H and O–H groups in total. The highest BCUT2D eigenvalue weighted by molar-refractivity contribution is 7.15. The lowest BCUT2D eigenvalue weighted by Crippen LogP contribution is -1.83. The third kappa shape index (κ3) is 1.70. The molecule has 0 aliphatic rings. The van der Waals surface area contributed by atoms with Crippen LogP contribution < -0.4 is 5.32 Å². The highest BCUT2D eigenvalue weighted by Crippen LogP contribution is 2.18. The van der Waals surface area contributed by atoms with Gasteiger partial charge in [-0.25, -0.2) is 4.98 Å². The maximum absolute atomic E-state index is 4.16. The van der Waals surface area contributed by atoms with Crippen LogP contribution >= 0.6 is 11.3 Å². The Balaban J connectivity index is 2.59. The molecule has 0 bridgehead atoms. The maximum atomic E-state index is 4.16. The number of thiazole rings is 1. The molecule has 0 aliphatic carbocycles. The molecule has 1 rings (SSSR count). The molecule has 0 spiro atoms. The van der Waals surface area contributed by atoms with E-state index in [-0.39, 0.29) is 0 Å². The zero-order valence-electron chi connectivity index (χ0n) is 6.35. The molecule has 0 atom stereocenters. The molecule has 0 fully saturated rings. The molecule has 0 saturated carbocycles. The topological polar surface area (TPSA) is 24.9 Å². The van der Waals surface area contributed by atoms with Crippen LogP contribution in [0.5, 0.6) is 0 Å². The van der Waals surface area contributed by atoms with Gasteiger partial charge in [0.1, 0.15) is 0 Å². The normalized spacial score (nSPS) is 9.80. The van der Waals surface area contributed by atoms with Crippen molar-refractivity contribution >= 4 is 16.5 Å². The van der Waals surface area contributed by atoms with E-state index >= 15 is 0 Å². The highest BCUT2D eigenvalue weighted by atomic mass is 32.1. The molecule has 10 heavy (non-hydrogen) atoms. The summed E-state index contributed by atoms with van der Waals surface area (Å²) in [5.74, 6) is 0. The Morgan fingerprint density at radius 2 is 2.50 bits per heavy atom. The number of hydrogen-bond donors (Lipinski definition) is 1. The third-order valence-electron chi connectivity index (χ3n) is 1.26. The lowest BCUT2D eigenvalue weighted by Gasteiger charge is -1.88. The largest absolute Gasteiger partial charge is 0.365 e. The zero-order valence-corrected chi connectivity index (χ0v) is 7.16. The molecular weight excluding hydrogens is 144 g/mol. The van der Waals surface area contributed by atoms with Crippen molar-refractivity contribution in [3.05, 3.63) is 11.1 Å². The van der Waals surface area contributed by atoms with Gasteiger partial charge in [-0.15, -0.1) is 11.3 Å². The molecule has 0 unspecified atom stereocenters. The lowest BCUT2D eigenvalue weighted by atomic mass is 10.3. The van der Waals surface area contributed by atoms with Gasteiger partial charge in [0.15, 0.2) is 5.13 Å². The number of hydrogen-bond acceptors (Lipinski definition) is 3. The first-order chi connectivity index (χ1) is 4.86. The Morgan fingerprint density at radius 3 is 3.00 bits per heavy atom. The summed E-state index contributed by atoms with van der Waals surface area (Å²) in [6.45, 7) is 2.18. The van der Waals surface area contributed by atoms with Crippen molar-refractivity contribution in [3.8, 4) is 0 Å². The van der Waals surface area contributed by atoms with Gasteiger partial charge in [-0.1, -0.05) is 13.3 Å². The Kier molecular flexibility index (Phi) is 2.68. The van der Waals surface area contributed by atoms with Gasteiger partial charge in [0.25, 0.3) is 0 Å². The van der Waals surface area contributed by atoms with E-state index in [0.29, 0.717) is 0 Å². The Morgan fingerprint density at radius 1 is 1.70 bits per heavy atom. The van der Waals surface area contributed by atoms with E-state index in [1.165, 1.54) is 11.3 Å². The molecular formula is C7H12N2S. The van der Waals surface area contributed by atoms with Crippen LogP contribution in [0.4, 0.5) is 5.13 Å². The summed E-state index contributed by atoms with van der Waals surface area (Å²) in [5.41, 5.74) is 0. The van der Waals surface area contributed by atoms with Gasteiger partial charge in [-0.2, -0.15) is 0 Å². The average molecular weight is 156 g/mol. The van der Waals surface area contributed by atoms with Crippen molar-refractivity contribution in [1.29, 1.82) is 0 Å². The van der Waals surface area contributed by atoms with Crippen molar-refractivity contribution in [2.24, 2.45) is 0 Å². The summed E-state index contributed by atoms with van der Waals surface area (Å²) in [6.07, 6.45) is 4.30. The minimum absolute atomic E-state index is 1.02. The molecule has 1 aromatic heterocycles. The van der Waals surface area contributed by atoms with E-state index in [1.54, 1.807) is 11.3 Å². The third-order valence-corrected chi connectivity index (χ3v) is 2.34. The van der Waals surface area contributed by atoms with E-state index in [0.717, 1.165) is 11.6 Å². The van der Waals surface area contributed by atoms with Gasteiger partial charge >= 0.3 is 0 Å². The summed E-state index contributed by atoms with van der Waals surface area (Å²) in [6, 6.07) is 0. The molecule has 0 amide bonds. The highest BCUT2D eigenvalue weighted by Gasteiger charge is 1.96. The molecule has 1 heterocycles. The molecule has 3 heteroatoms. The van der Waals surface area contributed by atoms with E-state index in [4.69, 9.17) is 0 Å². The lowest BCUT2D eigenvalue weighted by molar-refractivity contribution is 0.936. The van der Waals surface area contributed by atoms with Crippen LogP contribution in [-0.4, -0.2) is 12.0 Å². The van der Waals surface area contributed by atoms with Gasteiger partial charge in [0.05, 0.1) is 0 Å². The predicted molar refractivity (Wildman–Crippen MR) is 45.7 cm³/mol. The molecule has 2 nitrogen and oxygen atoms in total. The number of anilines is 1. The Bertz CT molecular complexity index is 195. The minimum Gasteiger partial charge on any atom is -0.365 e. The fourth-order valence-corrected chi connectivity index (χ4v) is 1.65. The standard InChI is InChI=1S/C7H12N2S/c1-3-4-6-5-9-7(8-2)10-6/h5H,3-4H2,1-2H3,(H,8,9). The van der Waals surface area contributed by atoms with Crippen LogP contribution in [0.1, 0.15) is 18.2 Å². The Labute approximate surface area is 65.3 Å². The fourth-order valence-electron chi connectivity index (χ4n) is 0.785. The van der Waals surface area contributed by atoms with Crippen molar-refractivity contribution < 1.29 is 0 Å². The van der Waals surface area contributed by atoms with Gasteiger partial charge in [0, 0.05) is 18.1 Å². The monoisotopic (exact) mass is 156 g/mol. The summed E-state index contributed by atoms with van der Waals surface area (Å²) in [7, 11) is 1.90. The van der Waals surface area contributed by atoms with E-state index in [1.807, 2.05) is 13.2 Å². The minimum atomic E-state index is 1.02. The van der Waals surface area contributed by atoms with Crippen LogP contribution in [0.3, 0.4) is 0 Å². The quantitative estimate of drug-likeness (QED) is 0.725. The SMILES string of the molecule is CCCc1cnc(NC)s1. The van der Waals surface area contributed by atoms with Gasteiger partial charge < -0.3 is 5.32 Å². The summed E-state index contributed by atoms with van der Waals surface area (Å²) in [5, 5.41) is 4.03. The number of nitrogens with zero attached hydrogens (tertiary/aromatic N) is 1. The fraction of sp³-hybridized carbons (Fsp3) is 0.571. The zero-order chi connectivity index (χ0) is 7.40.